The molecule has 0 spiro atoms. The van der Waals surface area contributed by atoms with Gasteiger partial charge >= 0.3 is 5.97 Å². The Bertz CT molecular complexity index is 269. The van der Waals surface area contributed by atoms with Gasteiger partial charge in [-0.15, -0.1) is 0 Å². The van der Waals surface area contributed by atoms with Crippen LogP contribution in [0.25, 0.3) is 0 Å². The zero-order chi connectivity index (χ0) is 18.4. The molecule has 0 aliphatic carbocycles. The molecule has 0 fully saturated rings. The summed E-state index contributed by atoms with van der Waals surface area (Å²) in [6, 6.07) is 0. The van der Waals surface area contributed by atoms with Gasteiger partial charge in [0, 0.05) is 6.42 Å². The van der Waals surface area contributed by atoms with Crippen LogP contribution in [0.3, 0.4) is 0 Å². The molecular weight excluding hydrogens is 310 g/mol. The third kappa shape index (κ3) is 23.4. The Balaban J connectivity index is 2.97. The van der Waals surface area contributed by atoms with Crippen molar-refractivity contribution in [3.8, 4) is 0 Å². The summed E-state index contributed by atoms with van der Waals surface area (Å²) >= 11 is 0. The molecule has 0 aliphatic rings. The second-order valence-electron chi connectivity index (χ2n) is 7.55. The lowest BCUT2D eigenvalue weighted by Crippen LogP contribution is -2.17. The summed E-state index contributed by atoms with van der Waals surface area (Å²) in [5.41, 5.74) is 0. The Hall–Kier alpha value is -0.570. The zero-order valence-electron chi connectivity index (χ0n) is 17.0. The Kier molecular flexibility index (Phi) is 21.0. The summed E-state index contributed by atoms with van der Waals surface area (Å²) in [4.78, 5) is 10.4. The fraction of sp³-hybridized carbons (Fsp3) is 0.955. The summed E-state index contributed by atoms with van der Waals surface area (Å²) in [5.74, 6) is -0.691. The van der Waals surface area contributed by atoms with Gasteiger partial charge in [-0.25, -0.2) is 0 Å². The quantitative estimate of drug-likeness (QED) is 0.225. The number of carboxylic acids is 1. The second-order valence-corrected chi connectivity index (χ2v) is 7.55. The number of rotatable bonds is 21. The number of hydrogen-bond donors (Lipinski definition) is 2. The fourth-order valence-electron chi connectivity index (χ4n) is 3.29. The van der Waals surface area contributed by atoms with Gasteiger partial charge in [-0.1, -0.05) is 103 Å². The van der Waals surface area contributed by atoms with Crippen molar-refractivity contribution in [1.82, 2.24) is 5.32 Å². The van der Waals surface area contributed by atoms with Gasteiger partial charge in [0.2, 0.25) is 0 Å². The van der Waals surface area contributed by atoms with Crippen molar-refractivity contribution in [3.05, 3.63) is 0 Å². The van der Waals surface area contributed by atoms with E-state index in [1.54, 1.807) is 0 Å². The molecule has 150 valence electrons. The van der Waals surface area contributed by atoms with Gasteiger partial charge in [-0.3, -0.25) is 4.79 Å². The Morgan fingerprint density at radius 3 is 1.36 bits per heavy atom. The Morgan fingerprint density at radius 1 is 0.600 bits per heavy atom. The minimum Gasteiger partial charge on any atom is -0.481 e. The highest BCUT2D eigenvalue weighted by Gasteiger charge is 1.96. The second kappa shape index (κ2) is 21.5. The lowest BCUT2D eigenvalue weighted by molar-refractivity contribution is -0.137. The van der Waals surface area contributed by atoms with Crippen LogP contribution in [-0.4, -0.2) is 24.2 Å². The van der Waals surface area contributed by atoms with E-state index in [-0.39, 0.29) is 6.42 Å². The third-order valence-corrected chi connectivity index (χ3v) is 4.95. The van der Waals surface area contributed by atoms with Crippen molar-refractivity contribution in [2.24, 2.45) is 0 Å². The van der Waals surface area contributed by atoms with Gasteiger partial charge in [0.25, 0.3) is 0 Å². The zero-order valence-corrected chi connectivity index (χ0v) is 17.0. The largest absolute Gasteiger partial charge is 0.481 e. The molecule has 0 aliphatic heterocycles. The lowest BCUT2D eigenvalue weighted by Gasteiger charge is -2.05. The van der Waals surface area contributed by atoms with Crippen LogP contribution in [0.15, 0.2) is 0 Å². The summed E-state index contributed by atoms with van der Waals surface area (Å²) in [7, 11) is 0. The number of carboxylic acid groups (broad SMARTS) is 1. The summed E-state index contributed by atoms with van der Waals surface area (Å²) in [5, 5.41) is 11.9. The fourth-order valence-corrected chi connectivity index (χ4v) is 3.29. The molecular formula is C22H45NO2. The van der Waals surface area contributed by atoms with Crippen LogP contribution < -0.4 is 5.32 Å². The molecule has 0 bridgehead atoms. The highest BCUT2D eigenvalue weighted by atomic mass is 16.4. The van der Waals surface area contributed by atoms with Crippen molar-refractivity contribution in [3.63, 3.8) is 0 Å². The van der Waals surface area contributed by atoms with Crippen molar-refractivity contribution in [1.29, 1.82) is 0 Å². The molecule has 0 aromatic carbocycles. The first-order valence-corrected chi connectivity index (χ1v) is 11.2. The molecule has 0 amide bonds. The van der Waals surface area contributed by atoms with E-state index in [4.69, 9.17) is 5.11 Å². The normalized spacial score (nSPS) is 11.1. The van der Waals surface area contributed by atoms with Gasteiger partial charge < -0.3 is 10.4 Å². The van der Waals surface area contributed by atoms with Crippen molar-refractivity contribution in [2.45, 2.75) is 122 Å². The predicted molar refractivity (Wildman–Crippen MR) is 109 cm³/mol. The number of aliphatic carboxylic acids is 1. The average molecular weight is 356 g/mol. The standard InChI is InChI=1S/C22H45NO2/c1-2-3-4-5-6-7-8-9-10-11-12-13-14-15-16-17-20-23-21-18-19-22(24)25/h23H,2-21H2,1H3,(H,24,25). The summed E-state index contributed by atoms with van der Waals surface area (Å²) < 4.78 is 0. The van der Waals surface area contributed by atoms with Crippen LogP contribution in [0, 0.1) is 0 Å². The molecule has 0 unspecified atom stereocenters. The Labute approximate surface area is 157 Å². The van der Waals surface area contributed by atoms with E-state index in [1.807, 2.05) is 0 Å². The number of nitrogens with one attached hydrogen (secondary N) is 1. The topological polar surface area (TPSA) is 49.3 Å². The van der Waals surface area contributed by atoms with Crippen LogP contribution in [0.4, 0.5) is 0 Å². The number of hydrogen-bond acceptors (Lipinski definition) is 2. The van der Waals surface area contributed by atoms with E-state index in [0.29, 0.717) is 0 Å². The van der Waals surface area contributed by atoms with Gasteiger partial charge in [-0.05, 0) is 25.9 Å². The first-order chi connectivity index (χ1) is 12.3. The van der Waals surface area contributed by atoms with Crippen molar-refractivity contribution >= 4 is 5.97 Å². The third-order valence-electron chi connectivity index (χ3n) is 4.95. The van der Waals surface area contributed by atoms with Gasteiger partial charge in [-0.2, -0.15) is 0 Å². The first kappa shape index (κ1) is 24.4. The van der Waals surface area contributed by atoms with Gasteiger partial charge in [0.15, 0.2) is 0 Å². The average Bonchev–Trinajstić information content (AvgIpc) is 2.60. The van der Waals surface area contributed by atoms with E-state index in [0.717, 1.165) is 19.5 Å². The van der Waals surface area contributed by atoms with E-state index in [9.17, 15) is 4.79 Å². The van der Waals surface area contributed by atoms with E-state index < -0.39 is 5.97 Å². The van der Waals surface area contributed by atoms with Crippen molar-refractivity contribution in [2.75, 3.05) is 13.1 Å². The lowest BCUT2D eigenvalue weighted by atomic mass is 10.0. The highest BCUT2D eigenvalue weighted by molar-refractivity contribution is 5.66. The summed E-state index contributed by atoms with van der Waals surface area (Å²) in [6.07, 6.45) is 23.5. The van der Waals surface area contributed by atoms with E-state index in [2.05, 4.69) is 12.2 Å². The Morgan fingerprint density at radius 2 is 0.960 bits per heavy atom. The van der Waals surface area contributed by atoms with Crippen LogP contribution in [0.1, 0.15) is 122 Å². The molecule has 0 atom stereocenters. The minimum atomic E-state index is -0.691. The van der Waals surface area contributed by atoms with E-state index >= 15 is 0 Å². The monoisotopic (exact) mass is 355 g/mol. The minimum absolute atomic E-state index is 0.284. The van der Waals surface area contributed by atoms with Crippen LogP contribution in [-0.2, 0) is 4.79 Å². The smallest absolute Gasteiger partial charge is 0.303 e. The maximum Gasteiger partial charge on any atom is 0.303 e. The van der Waals surface area contributed by atoms with Crippen molar-refractivity contribution < 1.29 is 9.90 Å². The predicted octanol–water partition coefficient (Wildman–Crippen LogP) is 6.70. The van der Waals surface area contributed by atoms with Crippen LogP contribution in [0.5, 0.6) is 0 Å². The van der Waals surface area contributed by atoms with Gasteiger partial charge in [0.05, 0.1) is 0 Å². The molecule has 0 saturated heterocycles. The molecule has 0 rings (SSSR count). The van der Waals surface area contributed by atoms with E-state index in [1.165, 1.54) is 103 Å². The molecule has 3 nitrogen and oxygen atoms in total. The highest BCUT2D eigenvalue weighted by Crippen LogP contribution is 2.13. The number of carbonyl (C=O) groups is 1. The maximum absolute atomic E-state index is 10.4. The molecule has 0 aromatic heterocycles. The molecule has 0 saturated carbocycles. The molecule has 0 radical (unpaired) electrons. The molecule has 0 heterocycles. The number of unbranched alkanes of at least 4 members (excludes halogenated alkanes) is 15. The SMILES string of the molecule is CCCCCCCCCCCCCCCCCCNCCCC(=O)O. The maximum atomic E-state index is 10.4. The first-order valence-electron chi connectivity index (χ1n) is 11.2. The van der Waals surface area contributed by atoms with Crippen LogP contribution in [0.2, 0.25) is 0 Å². The summed E-state index contributed by atoms with van der Waals surface area (Å²) in [6.45, 7) is 4.16. The van der Waals surface area contributed by atoms with Crippen LogP contribution >= 0.6 is 0 Å². The molecule has 25 heavy (non-hydrogen) atoms. The molecule has 3 heteroatoms. The van der Waals surface area contributed by atoms with Gasteiger partial charge in [0.1, 0.15) is 0 Å². The molecule has 2 N–H and O–H groups in total. The molecule has 0 aromatic rings.